The van der Waals surface area contributed by atoms with Gasteiger partial charge < -0.3 is 15.5 Å². The number of rotatable bonds is 2. The summed E-state index contributed by atoms with van der Waals surface area (Å²) in [6.45, 7) is 1.24. The van der Waals surface area contributed by atoms with Crippen LogP contribution in [0.4, 0.5) is 11.4 Å². The van der Waals surface area contributed by atoms with E-state index in [0.29, 0.717) is 25.2 Å². The van der Waals surface area contributed by atoms with E-state index in [-0.39, 0.29) is 5.91 Å². The normalized spacial score (nSPS) is 14.5. The van der Waals surface area contributed by atoms with Crippen molar-refractivity contribution in [2.75, 3.05) is 36.5 Å². The van der Waals surface area contributed by atoms with Gasteiger partial charge in [0.05, 0.1) is 29.6 Å². The maximum absolute atomic E-state index is 11.9. The van der Waals surface area contributed by atoms with Gasteiger partial charge in [-0.2, -0.15) is 5.26 Å². The average Bonchev–Trinajstić information content (AvgIpc) is 2.33. The lowest BCUT2D eigenvalue weighted by molar-refractivity contribution is -0.117. The highest BCUT2D eigenvalue weighted by Crippen LogP contribution is 2.33. The maximum Gasteiger partial charge on any atom is 0.246 e. The van der Waals surface area contributed by atoms with E-state index in [0.717, 1.165) is 11.4 Å². The Morgan fingerprint density at radius 1 is 1.47 bits per heavy atom. The van der Waals surface area contributed by atoms with Crippen LogP contribution in [-0.2, 0) is 4.79 Å². The molecule has 0 saturated heterocycles. The smallest absolute Gasteiger partial charge is 0.246 e. The molecule has 1 amide bonds. The van der Waals surface area contributed by atoms with Crippen LogP contribution < -0.4 is 15.5 Å². The van der Waals surface area contributed by atoms with Gasteiger partial charge >= 0.3 is 0 Å². The molecule has 1 aliphatic rings. The van der Waals surface area contributed by atoms with Crippen LogP contribution in [0.5, 0.6) is 0 Å². The summed E-state index contributed by atoms with van der Waals surface area (Å²) < 4.78 is 0. The zero-order valence-corrected chi connectivity index (χ0v) is 9.68. The molecule has 0 aliphatic carbocycles. The maximum atomic E-state index is 11.9. The lowest BCUT2D eigenvalue weighted by atomic mass is 10.1. The predicted molar refractivity (Wildman–Crippen MR) is 65.8 cm³/mol. The highest BCUT2D eigenvalue weighted by molar-refractivity contribution is 6.03. The number of likely N-dealkylation sites (N-methyl/N-ethyl adjacent to an activating group) is 1. The minimum atomic E-state index is 0.0144. The number of nitrogens with two attached hydrogens (primary N) is 1. The van der Waals surface area contributed by atoms with Gasteiger partial charge in [-0.15, -0.1) is 0 Å². The Hall–Kier alpha value is -2.06. The Morgan fingerprint density at radius 3 is 2.88 bits per heavy atom. The first-order valence-electron chi connectivity index (χ1n) is 5.43. The molecule has 0 atom stereocenters. The van der Waals surface area contributed by atoms with E-state index in [1.807, 2.05) is 18.0 Å². The van der Waals surface area contributed by atoms with Gasteiger partial charge in [0, 0.05) is 20.1 Å². The first kappa shape index (κ1) is 11.4. The van der Waals surface area contributed by atoms with Crippen molar-refractivity contribution < 1.29 is 4.79 Å². The van der Waals surface area contributed by atoms with Gasteiger partial charge in [-0.25, -0.2) is 0 Å². The Kier molecular flexibility index (Phi) is 2.98. The summed E-state index contributed by atoms with van der Waals surface area (Å²) in [7, 11) is 1.86. The molecule has 5 heteroatoms. The van der Waals surface area contributed by atoms with E-state index in [9.17, 15) is 4.79 Å². The van der Waals surface area contributed by atoms with Crippen LogP contribution in [0.3, 0.4) is 0 Å². The summed E-state index contributed by atoms with van der Waals surface area (Å²) in [5.74, 6) is 0.0144. The first-order valence-corrected chi connectivity index (χ1v) is 5.43. The molecule has 0 radical (unpaired) electrons. The molecule has 0 aromatic heterocycles. The fourth-order valence-electron chi connectivity index (χ4n) is 2.01. The third kappa shape index (κ3) is 1.95. The predicted octanol–water partition coefficient (Wildman–Crippen LogP) is 0.300. The molecule has 1 aromatic carbocycles. The first-order chi connectivity index (χ1) is 8.17. The lowest BCUT2D eigenvalue weighted by Crippen LogP contribution is -2.46. The quantitative estimate of drug-likeness (QED) is 0.793. The number of nitriles is 1. The van der Waals surface area contributed by atoms with Crippen LogP contribution >= 0.6 is 0 Å². The van der Waals surface area contributed by atoms with E-state index in [4.69, 9.17) is 11.0 Å². The van der Waals surface area contributed by atoms with Crippen LogP contribution in [0.2, 0.25) is 0 Å². The summed E-state index contributed by atoms with van der Waals surface area (Å²) in [6.07, 6.45) is 0. The minimum Gasteiger partial charge on any atom is -0.364 e. The molecule has 0 spiro atoms. The molecule has 5 nitrogen and oxygen atoms in total. The standard InChI is InChI=1S/C12H14N4O/c1-15-8-12(17)16(5-4-13)11-6-9(7-14)2-3-10(11)15/h2-3,6H,4-5,8,13H2,1H3. The van der Waals surface area contributed by atoms with Crippen molar-refractivity contribution in [3.05, 3.63) is 23.8 Å². The van der Waals surface area contributed by atoms with E-state index in [1.54, 1.807) is 17.0 Å². The van der Waals surface area contributed by atoms with E-state index in [1.165, 1.54) is 0 Å². The van der Waals surface area contributed by atoms with Gasteiger partial charge in [0.15, 0.2) is 0 Å². The van der Waals surface area contributed by atoms with Crippen LogP contribution in [0, 0.1) is 11.3 Å². The Labute approximate surface area is 100 Å². The molecule has 0 unspecified atom stereocenters. The highest BCUT2D eigenvalue weighted by atomic mass is 16.2. The van der Waals surface area contributed by atoms with E-state index >= 15 is 0 Å². The van der Waals surface area contributed by atoms with Gasteiger partial charge in [0.2, 0.25) is 5.91 Å². The van der Waals surface area contributed by atoms with Crippen molar-refractivity contribution in [3.63, 3.8) is 0 Å². The Morgan fingerprint density at radius 2 is 2.24 bits per heavy atom. The number of hydrogen-bond donors (Lipinski definition) is 1. The van der Waals surface area contributed by atoms with Crippen molar-refractivity contribution in [1.82, 2.24) is 0 Å². The van der Waals surface area contributed by atoms with Gasteiger partial charge in [0.25, 0.3) is 0 Å². The molecule has 0 fully saturated rings. The van der Waals surface area contributed by atoms with Crippen molar-refractivity contribution >= 4 is 17.3 Å². The molecule has 0 bridgehead atoms. The Balaban J connectivity index is 2.51. The molecule has 0 saturated carbocycles. The molecule has 2 rings (SSSR count). The van der Waals surface area contributed by atoms with Crippen molar-refractivity contribution in [3.8, 4) is 6.07 Å². The number of hydrogen-bond acceptors (Lipinski definition) is 4. The van der Waals surface area contributed by atoms with E-state index in [2.05, 4.69) is 6.07 Å². The number of benzene rings is 1. The number of anilines is 2. The van der Waals surface area contributed by atoms with Crippen LogP contribution in [0.15, 0.2) is 18.2 Å². The molecule has 1 aromatic rings. The third-order valence-electron chi connectivity index (χ3n) is 2.83. The van der Waals surface area contributed by atoms with Gasteiger partial charge in [-0.3, -0.25) is 4.79 Å². The van der Waals surface area contributed by atoms with Crippen LogP contribution in [0.25, 0.3) is 0 Å². The van der Waals surface area contributed by atoms with Gasteiger partial charge in [-0.1, -0.05) is 0 Å². The fourth-order valence-corrected chi connectivity index (χ4v) is 2.01. The summed E-state index contributed by atoms with van der Waals surface area (Å²) in [6, 6.07) is 7.44. The molecular formula is C12H14N4O. The van der Waals surface area contributed by atoms with Gasteiger partial charge in [0.1, 0.15) is 0 Å². The van der Waals surface area contributed by atoms with E-state index < -0.39 is 0 Å². The average molecular weight is 230 g/mol. The van der Waals surface area contributed by atoms with Crippen molar-refractivity contribution in [2.24, 2.45) is 5.73 Å². The number of nitrogens with zero attached hydrogens (tertiary/aromatic N) is 3. The second-order valence-electron chi connectivity index (χ2n) is 4.01. The van der Waals surface area contributed by atoms with Crippen molar-refractivity contribution in [2.45, 2.75) is 0 Å². The number of carbonyl (C=O) groups is 1. The zero-order valence-electron chi connectivity index (χ0n) is 9.68. The summed E-state index contributed by atoms with van der Waals surface area (Å²) in [4.78, 5) is 15.4. The van der Waals surface area contributed by atoms with Gasteiger partial charge in [-0.05, 0) is 18.2 Å². The van der Waals surface area contributed by atoms with Crippen LogP contribution in [-0.4, -0.2) is 32.6 Å². The second-order valence-corrected chi connectivity index (χ2v) is 4.01. The topological polar surface area (TPSA) is 73.4 Å². The lowest BCUT2D eigenvalue weighted by Gasteiger charge is -2.35. The largest absolute Gasteiger partial charge is 0.364 e. The second kappa shape index (κ2) is 4.44. The van der Waals surface area contributed by atoms with Crippen LogP contribution in [0.1, 0.15) is 5.56 Å². The molecule has 2 N–H and O–H groups in total. The molecule has 1 aliphatic heterocycles. The summed E-state index contributed by atoms with van der Waals surface area (Å²) >= 11 is 0. The van der Waals surface area contributed by atoms with Crippen molar-refractivity contribution in [1.29, 1.82) is 5.26 Å². The number of carbonyl (C=O) groups excluding carboxylic acids is 1. The monoisotopic (exact) mass is 230 g/mol. The highest BCUT2D eigenvalue weighted by Gasteiger charge is 2.26. The molecule has 88 valence electrons. The number of amides is 1. The summed E-state index contributed by atoms with van der Waals surface area (Å²) in [5.41, 5.74) is 7.79. The molecule has 17 heavy (non-hydrogen) atoms. The molecule has 1 heterocycles. The summed E-state index contributed by atoms with van der Waals surface area (Å²) in [5, 5.41) is 8.90. The minimum absolute atomic E-state index is 0.0144. The fraction of sp³-hybridized carbons (Fsp3) is 0.333. The zero-order chi connectivity index (χ0) is 12.4. The molecular weight excluding hydrogens is 216 g/mol. The Bertz CT molecular complexity index is 492. The number of fused-ring (bicyclic) bond motifs is 1. The SMILES string of the molecule is CN1CC(=O)N(CCN)c2cc(C#N)ccc21. The third-order valence-corrected chi connectivity index (χ3v) is 2.83.